The third kappa shape index (κ3) is 3.97. The number of rotatable bonds is 3. The topological polar surface area (TPSA) is 71.9 Å². The minimum atomic E-state index is -0.754. The predicted molar refractivity (Wildman–Crippen MR) is 83.6 cm³/mol. The summed E-state index contributed by atoms with van der Waals surface area (Å²) in [5.74, 6) is 0. The maximum Gasteiger partial charge on any atom is 0.412 e. The molecule has 1 saturated heterocycles. The van der Waals surface area contributed by atoms with E-state index >= 15 is 0 Å². The summed E-state index contributed by atoms with van der Waals surface area (Å²) < 4.78 is 11.2. The Labute approximate surface area is 135 Å². The van der Waals surface area contributed by atoms with Crippen molar-refractivity contribution in [2.45, 2.75) is 64.5 Å². The molecule has 0 radical (unpaired) electrons. The highest BCUT2D eigenvalue weighted by Gasteiger charge is 2.46. The average Bonchev–Trinajstić information content (AvgIpc) is 2.94. The molecule has 0 aromatic carbocycles. The van der Waals surface area contributed by atoms with Crippen LogP contribution in [-0.4, -0.2) is 45.1 Å². The molecular formula is C15H24N2O4S. The van der Waals surface area contributed by atoms with Crippen LogP contribution in [0.5, 0.6) is 0 Å². The van der Waals surface area contributed by atoms with E-state index < -0.39 is 23.5 Å². The first-order chi connectivity index (χ1) is 10.1. The van der Waals surface area contributed by atoms with Gasteiger partial charge in [0.05, 0.1) is 12.6 Å². The zero-order valence-corrected chi connectivity index (χ0v) is 14.5. The molecule has 1 aliphatic heterocycles. The summed E-state index contributed by atoms with van der Waals surface area (Å²) in [6.07, 6.45) is 0.888. The first-order valence-electron chi connectivity index (χ1n) is 7.34. The van der Waals surface area contributed by atoms with Gasteiger partial charge in [-0.15, -0.1) is 11.3 Å². The van der Waals surface area contributed by atoms with Crippen LogP contribution in [0.15, 0.2) is 11.6 Å². The molecule has 6 nitrogen and oxygen atoms in total. The number of carbonyl (C=O) groups is 1. The molecule has 1 amide bonds. The summed E-state index contributed by atoms with van der Waals surface area (Å²) in [5.41, 5.74) is -1.33. The molecule has 0 spiro atoms. The molecule has 1 fully saturated rings. The Morgan fingerprint density at radius 2 is 2.32 bits per heavy atom. The Kier molecular flexibility index (Phi) is 4.79. The second-order valence-electron chi connectivity index (χ2n) is 6.88. The number of aromatic nitrogens is 1. The highest BCUT2D eigenvalue weighted by Crippen LogP contribution is 2.34. The fraction of sp³-hybridized carbons (Fsp3) is 0.733. The molecule has 2 atom stereocenters. The van der Waals surface area contributed by atoms with E-state index in [4.69, 9.17) is 9.47 Å². The number of hydrogen-bond donors (Lipinski definition) is 1. The minimum absolute atomic E-state index is 0.247. The standard InChI is InChI=1S/C15H24N2O4S/c1-14(2,3)21-13(19)17-10(9-20-15(17,4)5)8-11(18)12-16-6-7-22-12/h6-7,10-11,18H,8-9H2,1-5H3/t10-,11+/m0/s1. The lowest BCUT2D eigenvalue weighted by Crippen LogP contribution is -2.50. The highest BCUT2D eigenvalue weighted by atomic mass is 32.1. The Bertz CT molecular complexity index is 510. The number of nitrogens with zero attached hydrogens (tertiary/aromatic N) is 2. The van der Waals surface area contributed by atoms with Crippen LogP contribution in [0.4, 0.5) is 4.79 Å². The Morgan fingerprint density at radius 3 is 2.86 bits per heavy atom. The molecule has 1 aromatic heterocycles. The molecule has 124 valence electrons. The van der Waals surface area contributed by atoms with Crippen LogP contribution < -0.4 is 0 Å². The maximum absolute atomic E-state index is 12.5. The number of aliphatic hydroxyl groups excluding tert-OH is 1. The van der Waals surface area contributed by atoms with Gasteiger partial charge in [-0.25, -0.2) is 9.78 Å². The van der Waals surface area contributed by atoms with E-state index in [0.29, 0.717) is 18.0 Å². The molecule has 0 saturated carbocycles. The number of thiazole rings is 1. The molecule has 2 heterocycles. The van der Waals surface area contributed by atoms with Crippen molar-refractivity contribution in [3.8, 4) is 0 Å². The number of amides is 1. The Hall–Kier alpha value is -1.18. The van der Waals surface area contributed by atoms with Crippen molar-refractivity contribution >= 4 is 17.4 Å². The van der Waals surface area contributed by atoms with Crippen LogP contribution in [-0.2, 0) is 9.47 Å². The summed E-state index contributed by atoms with van der Waals surface area (Å²) >= 11 is 1.40. The second kappa shape index (κ2) is 6.14. The van der Waals surface area contributed by atoms with E-state index in [2.05, 4.69) is 4.98 Å². The van der Waals surface area contributed by atoms with Gasteiger partial charge >= 0.3 is 6.09 Å². The van der Waals surface area contributed by atoms with Crippen molar-refractivity contribution in [2.75, 3.05) is 6.61 Å². The molecule has 1 aromatic rings. The van der Waals surface area contributed by atoms with E-state index in [1.165, 1.54) is 11.3 Å². The molecule has 0 bridgehead atoms. The summed E-state index contributed by atoms with van der Waals surface area (Å²) in [7, 11) is 0. The van der Waals surface area contributed by atoms with Gasteiger partial charge in [-0.3, -0.25) is 4.90 Å². The summed E-state index contributed by atoms with van der Waals surface area (Å²) in [6.45, 7) is 9.50. The van der Waals surface area contributed by atoms with Gasteiger partial charge in [0.25, 0.3) is 0 Å². The first-order valence-corrected chi connectivity index (χ1v) is 8.22. The lowest BCUT2D eigenvalue weighted by Gasteiger charge is -2.35. The van der Waals surface area contributed by atoms with Crippen LogP contribution in [0, 0.1) is 0 Å². The molecule has 0 unspecified atom stereocenters. The molecule has 7 heteroatoms. The summed E-state index contributed by atoms with van der Waals surface area (Å²) in [6, 6.07) is -0.247. The van der Waals surface area contributed by atoms with E-state index in [9.17, 15) is 9.90 Å². The summed E-state index contributed by atoms with van der Waals surface area (Å²) in [4.78, 5) is 18.2. The van der Waals surface area contributed by atoms with Crippen LogP contribution in [0.2, 0.25) is 0 Å². The monoisotopic (exact) mass is 328 g/mol. The Balaban J connectivity index is 2.11. The second-order valence-corrected chi connectivity index (χ2v) is 7.81. The molecule has 2 rings (SSSR count). The van der Waals surface area contributed by atoms with Crippen LogP contribution in [0.25, 0.3) is 0 Å². The van der Waals surface area contributed by atoms with Gasteiger partial charge in [-0.05, 0) is 34.6 Å². The van der Waals surface area contributed by atoms with Crippen molar-refractivity contribution in [2.24, 2.45) is 0 Å². The van der Waals surface area contributed by atoms with Gasteiger partial charge in [0.2, 0.25) is 0 Å². The van der Waals surface area contributed by atoms with E-state index in [1.54, 1.807) is 11.1 Å². The van der Waals surface area contributed by atoms with Crippen molar-refractivity contribution in [3.05, 3.63) is 16.6 Å². The fourth-order valence-corrected chi connectivity index (χ4v) is 3.13. The number of carbonyl (C=O) groups excluding carboxylic acids is 1. The van der Waals surface area contributed by atoms with E-state index in [0.717, 1.165) is 0 Å². The zero-order valence-electron chi connectivity index (χ0n) is 13.7. The number of ether oxygens (including phenoxy) is 2. The van der Waals surface area contributed by atoms with E-state index in [1.807, 2.05) is 40.0 Å². The minimum Gasteiger partial charge on any atom is -0.444 e. The summed E-state index contributed by atoms with van der Waals surface area (Å²) in [5, 5.41) is 12.8. The first kappa shape index (κ1) is 17.2. The zero-order chi connectivity index (χ0) is 16.5. The van der Waals surface area contributed by atoms with Gasteiger partial charge in [0.1, 0.15) is 22.4 Å². The Morgan fingerprint density at radius 1 is 1.64 bits per heavy atom. The van der Waals surface area contributed by atoms with Crippen molar-refractivity contribution < 1.29 is 19.4 Å². The lowest BCUT2D eigenvalue weighted by molar-refractivity contribution is -0.0637. The highest BCUT2D eigenvalue weighted by molar-refractivity contribution is 7.09. The van der Waals surface area contributed by atoms with Gasteiger partial charge in [-0.2, -0.15) is 0 Å². The van der Waals surface area contributed by atoms with Gasteiger partial charge in [0.15, 0.2) is 0 Å². The van der Waals surface area contributed by atoms with Crippen molar-refractivity contribution in [3.63, 3.8) is 0 Å². The third-order valence-electron chi connectivity index (χ3n) is 3.40. The SMILES string of the molecule is CC(C)(C)OC(=O)N1[C@@H](C[C@@H](O)c2nccs2)COC1(C)C. The number of aliphatic hydroxyl groups is 1. The van der Waals surface area contributed by atoms with Crippen molar-refractivity contribution in [1.29, 1.82) is 0 Å². The molecule has 1 N–H and O–H groups in total. The predicted octanol–water partition coefficient (Wildman–Crippen LogP) is 2.94. The van der Waals surface area contributed by atoms with Crippen LogP contribution in [0.1, 0.15) is 52.2 Å². The molecule has 22 heavy (non-hydrogen) atoms. The average molecular weight is 328 g/mol. The van der Waals surface area contributed by atoms with Crippen molar-refractivity contribution in [1.82, 2.24) is 9.88 Å². The smallest absolute Gasteiger partial charge is 0.412 e. The molecular weight excluding hydrogens is 304 g/mol. The normalized spacial score (nSPS) is 22.6. The fourth-order valence-electron chi connectivity index (χ4n) is 2.49. The molecule has 1 aliphatic rings. The molecule has 0 aliphatic carbocycles. The maximum atomic E-state index is 12.5. The quantitative estimate of drug-likeness (QED) is 0.923. The van der Waals surface area contributed by atoms with Gasteiger partial charge in [-0.1, -0.05) is 0 Å². The third-order valence-corrected chi connectivity index (χ3v) is 4.27. The van der Waals surface area contributed by atoms with Crippen LogP contribution >= 0.6 is 11.3 Å². The van der Waals surface area contributed by atoms with Gasteiger partial charge in [0, 0.05) is 18.0 Å². The van der Waals surface area contributed by atoms with E-state index in [-0.39, 0.29) is 6.04 Å². The van der Waals surface area contributed by atoms with Crippen LogP contribution in [0.3, 0.4) is 0 Å². The lowest BCUT2D eigenvalue weighted by atomic mass is 10.1. The van der Waals surface area contributed by atoms with Gasteiger partial charge < -0.3 is 14.6 Å². The number of hydrogen-bond acceptors (Lipinski definition) is 6. The largest absolute Gasteiger partial charge is 0.444 e.